The largest absolute Gasteiger partial charge is 0.352 e. The zero-order chi connectivity index (χ0) is 15.8. The van der Waals surface area contributed by atoms with Gasteiger partial charge in [-0.15, -0.1) is 12.4 Å². The molecule has 0 aromatic carbocycles. The number of carbonyl (C=O) groups is 2. The topological polar surface area (TPSA) is 84.2 Å². The lowest BCUT2D eigenvalue weighted by molar-refractivity contribution is -0.128. The molecule has 0 aromatic heterocycles. The van der Waals surface area contributed by atoms with Crippen molar-refractivity contribution >= 4 is 24.2 Å². The molecule has 0 saturated heterocycles. The first-order chi connectivity index (χ1) is 10.6. The molecule has 6 heteroatoms. The molecule has 2 rings (SSSR count). The second kappa shape index (κ2) is 10.1. The lowest BCUT2D eigenvalue weighted by Crippen LogP contribution is -2.44. The molecule has 0 unspecified atom stereocenters. The normalized spacial score (nSPS) is 21.1. The van der Waals surface area contributed by atoms with Crippen molar-refractivity contribution < 1.29 is 9.59 Å². The Hall–Kier alpha value is -0.810. The lowest BCUT2D eigenvalue weighted by Gasteiger charge is -2.35. The van der Waals surface area contributed by atoms with Crippen LogP contribution in [0.4, 0.5) is 0 Å². The van der Waals surface area contributed by atoms with Gasteiger partial charge in [-0.1, -0.05) is 38.5 Å². The molecule has 2 saturated carbocycles. The fourth-order valence-electron chi connectivity index (χ4n) is 3.86. The third-order valence-electron chi connectivity index (χ3n) is 5.30. The Morgan fingerprint density at radius 2 is 1.57 bits per heavy atom. The third kappa shape index (κ3) is 6.68. The van der Waals surface area contributed by atoms with Crippen LogP contribution in [0.2, 0.25) is 0 Å². The average molecular weight is 346 g/mol. The Morgan fingerprint density at radius 1 is 0.957 bits per heavy atom. The number of hydrogen-bond acceptors (Lipinski definition) is 3. The number of nitrogens with two attached hydrogens (primary N) is 1. The Balaban J connectivity index is 0.00000264. The van der Waals surface area contributed by atoms with Gasteiger partial charge < -0.3 is 16.4 Å². The highest BCUT2D eigenvalue weighted by molar-refractivity contribution is 5.85. The summed E-state index contributed by atoms with van der Waals surface area (Å²) in [7, 11) is 0. The SMILES string of the molecule is Cl.NCC1(CC(=O)NCC(=O)NC2CCCCC2)CCCCC1. The van der Waals surface area contributed by atoms with Crippen LogP contribution in [0.25, 0.3) is 0 Å². The van der Waals surface area contributed by atoms with Gasteiger partial charge in [0.2, 0.25) is 11.8 Å². The molecular weight excluding hydrogens is 314 g/mol. The maximum absolute atomic E-state index is 12.1. The van der Waals surface area contributed by atoms with Crippen LogP contribution in [-0.2, 0) is 9.59 Å². The fraction of sp³-hybridized carbons (Fsp3) is 0.882. The molecule has 0 bridgehead atoms. The molecular formula is C17H32ClN3O2. The molecule has 2 aliphatic rings. The molecule has 23 heavy (non-hydrogen) atoms. The molecule has 2 aliphatic carbocycles. The van der Waals surface area contributed by atoms with E-state index in [0.717, 1.165) is 38.5 Å². The Kier molecular flexibility index (Phi) is 8.92. The summed E-state index contributed by atoms with van der Waals surface area (Å²) in [5.41, 5.74) is 5.87. The first-order valence-corrected chi connectivity index (χ1v) is 8.90. The number of hydrogen-bond donors (Lipinski definition) is 3. The van der Waals surface area contributed by atoms with Crippen LogP contribution in [0.3, 0.4) is 0 Å². The number of nitrogens with one attached hydrogen (secondary N) is 2. The van der Waals surface area contributed by atoms with E-state index in [-0.39, 0.29) is 36.2 Å². The van der Waals surface area contributed by atoms with E-state index < -0.39 is 0 Å². The Labute approximate surface area is 145 Å². The predicted molar refractivity (Wildman–Crippen MR) is 94.5 cm³/mol. The van der Waals surface area contributed by atoms with Crippen LogP contribution >= 0.6 is 12.4 Å². The zero-order valence-electron chi connectivity index (χ0n) is 14.1. The first-order valence-electron chi connectivity index (χ1n) is 8.90. The molecule has 0 aliphatic heterocycles. The van der Waals surface area contributed by atoms with Crippen molar-refractivity contribution in [2.45, 2.75) is 76.7 Å². The maximum Gasteiger partial charge on any atom is 0.239 e. The van der Waals surface area contributed by atoms with Crippen LogP contribution in [0, 0.1) is 5.41 Å². The summed E-state index contributed by atoms with van der Waals surface area (Å²) in [4.78, 5) is 24.0. The second-order valence-corrected chi connectivity index (χ2v) is 7.12. The summed E-state index contributed by atoms with van der Waals surface area (Å²) in [6.07, 6.45) is 11.9. The maximum atomic E-state index is 12.1. The van der Waals surface area contributed by atoms with Gasteiger partial charge in [-0.05, 0) is 37.6 Å². The van der Waals surface area contributed by atoms with Crippen molar-refractivity contribution in [3.05, 3.63) is 0 Å². The number of amides is 2. The molecule has 0 aromatic rings. The summed E-state index contributed by atoms with van der Waals surface area (Å²) in [5.74, 6) is -0.100. The molecule has 134 valence electrons. The standard InChI is InChI=1S/C17H31N3O2.ClH/c18-13-17(9-5-2-6-10-17)11-15(21)19-12-16(22)20-14-7-3-1-4-8-14;/h14H,1-13,18H2,(H,19,21)(H,20,22);1H. The Morgan fingerprint density at radius 3 is 2.17 bits per heavy atom. The van der Waals surface area contributed by atoms with Gasteiger partial charge in [-0.25, -0.2) is 0 Å². The number of carbonyl (C=O) groups excluding carboxylic acids is 2. The Bertz CT molecular complexity index is 378. The predicted octanol–water partition coefficient (Wildman–Crippen LogP) is 2.27. The first kappa shape index (κ1) is 20.2. The van der Waals surface area contributed by atoms with Crippen LogP contribution in [0.15, 0.2) is 0 Å². The molecule has 4 N–H and O–H groups in total. The van der Waals surface area contributed by atoms with Gasteiger partial charge in [0, 0.05) is 12.5 Å². The summed E-state index contributed by atoms with van der Waals surface area (Å²) in [5, 5.41) is 5.79. The van der Waals surface area contributed by atoms with Gasteiger partial charge in [0.1, 0.15) is 0 Å². The second-order valence-electron chi connectivity index (χ2n) is 7.12. The summed E-state index contributed by atoms with van der Waals surface area (Å²) >= 11 is 0. The monoisotopic (exact) mass is 345 g/mol. The van der Waals surface area contributed by atoms with Crippen molar-refractivity contribution in [1.82, 2.24) is 10.6 Å². The highest BCUT2D eigenvalue weighted by atomic mass is 35.5. The van der Waals surface area contributed by atoms with Gasteiger partial charge in [0.05, 0.1) is 6.54 Å². The van der Waals surface area contributed by atoms with Crippen LogP contribution in [-0.4, -0.2) is 30.9 Å². The summed E-state index contributed by atoms with van der Waals surface area (Å²) in [6, 6.07) is 0.298. The third-order valence-corrected chi connectivity index (χ3v) is 5.30. The molecule has 0 heterocycles. The summed E-state index contributed by atoms with van der Waals surface area (Å²) < 4.78 is 0. The number of rotatable bonds is 6. The molecule has 2 fully saturated rings. The lowest BCUT2D eigenvalue weighted by atomic mass is 9.71. The molecule has 0 spiro atoms. The van der Waals surface area contributed by atoms with E-state index in [0.29, 0.717) is 19.0 Å². The fourth-order valence-corrected chi connectivity index (χ4v) is 3.86. The van der Waals surface area contributed by atoms with Crippen molar-refractivity contribution in [3.8, 4) is 0 Å². The van der Waals surface area contributed by atoms with Crippen molar-refractivity contribution in [1.29, 1.82) is 0 Å². The minimum atomic E-state index is -0.0642. The smallest absolute Gasteiger partial charge is 0.239 e. The van der Waals surface area contributed by atoms with E-state index in [1.54, 1.807) is 0 Å². The quantitative estimate of drug-likeness (QED) is 0.690. The van der Waals surface area contributed by atoms with E-state index in [4.69, 9.17) is 5.73 Å². The molecule has 2 amide bonds. The van der Waals surface area contributed by atoms with Gasteiger partial charge in [0.25, 0.3) is 0 Å². The minimum absolute atomic E-state index is 0. The molecule has 0 radical (unpaired) electrons. The molecule has 0 atom stereocenters. The van der Waals surface area contributed by atoms with E-state index in [2.05, 4.69) is 10.6 Å². The highest BCUT2D eigenvalue weighted by Gasteiger charge is 2.33. The van der Waals surface area contributed by atoms with Gasteiger partial charge in [-0.2, -0.15) is 0 Å². The van der Waals surface area contributed by atoms with Gasteiger partial charge in [-0.3, -0.25) is 9.59 Å². The average Bonchev–Trinajstić information content (AvgIpc) is 2.55. The van der Waals surface area contributed by atoms with Crippen molar-refractivity contribution in [2.75, 3.05) is 13.1 Å². The zero-order valence-corrected chi connectivity index (χ0v) is 14.9. The van der Waals surface area contributed by atoms with Crippen LogP contribution in [0.1, 0.15) is 70.6 Å². The van der Waals surface area contributed by atoms with Crippen molar-refractivity contribution in [2.24, 2.45) is 11.1 Å². The van der Waals surface area contributed by atoms with Crippen LogP contribution in [0.5, 0.6) is 0 Å². The van der Waals surface area contributed by atoms with E-state index in [1.807, 2.05) is 0 Å². The molecule has 5 nitrogen and oxygen atoms in total. The van der Waals surface area contributed by atoms with Crippen molar-refractivity contribution in [3.63, 3.8) is 0 Å². The highest BCUT2D eigenvalue weighted by Crippen LogP contribution is 2.38. The van der Waals surface area contributed by atoms with E-state index in [9.17, 15) is 9.59 Å². The van der Waals surface area contributed by atoms with E-state index in [1.165, 1.54) is 25.7 Å². The number of halogens is 1. The van der Waals surface area contributed by atoms with Gasteiger partial charge >= 0.3 is 0 Å². The van der Waals surface area contributed by atoms with Gasteiger partial charge in [0.15, 0.2) is 0 Å². The van der Waals surface area contributed by atoms with Crippen LogP contribution < -0.4 is 16.4 Å². The minimum Gasteiger partial charge on any atom is -0.352 e. The summed E-state index contributed by atoms with van der Waals surface area (Å²) in [6.45, 7) is 0.657. The van der Waals surface area contributed by atoms with E-state index >= 15 is 0 Å².